The normalized spacial score (nSPS) is 17.2. The number of rotatable bonds is 9. The summed E-state index contributed by atoms with van der Waals surface area (Å²) in [4.78, 5) is 4.64. The monoisotopic (exact) mass is 500 g/mol. The summed E-state index contributed by atoms with van der Waals surface area (Å²) in [5.74, 6) is 0. The quantitative estimate of drug-likeness (QED) is 0.306. The molecule has 3 atom stereocenters. The molecule has 1 N–H and O–H groups in total. The minimum absolute atomic E-state index is 0.0358. The first-order valence-electron chi connectivity index (χ1n) is 11.6. The molecule has 32 heavy (non-hydrogen) atoms. The van der Waals surface area contributed by atoms with Crippen molar-refractivity contribution in [3.8, 4) is 0 Å². The van der Waals surface area contributed by atoms with Gasteiger partial charge in [0.2, 0.25) is 0 Å². The lowest BCUT2D eigenvalue weighted by atomic mass is 10.1. The maximum Gasteiger partial charge on any atom is 0.193 e. The molecule has 0 radical (unpaired) electrons. The van der Waals surface area contributed by atoms with Crippen LogP contribution < -0.4 is 4.72 Å². The minimum atomic E-state index is -2.15. The smallest absolute Gasteiger partial charge is 0.193 e. The second kappa shape index (κ2) is 10.6. The van der Waals surface area contributed by atoms with E-state index in [4.69, 9.17) is 8.85 Å². The highest BCUT2D eigenvalue weighted by molar-refractivity contribution is 7.90. The number of aromatic nitrogens is 1. The predicted octanol–water partition coefficient (Wildman–Crippen LogP) is 6.59. The third-order valence-corrected chi connectivity index (χ3v) is 17.4. The molecule has 0 fully saturated rings. The average molecular weight is 501 g/mol. The van der Waals surface area contributed by atoms with Gasteiger partial charge in [-0.3, -0.25) is 4.98 Å². The van der Waals surface area contributed by atoms with Crippen molar-refractivity contribution in [2.24, 2.45) is 0 Å². The van der Waals surface area contributed by atoms with Crippen molar-refractivity contribution in [2.45, 2.75) is 115 Å². The zero-order chi connectivity index (χ0) is 25.2. The molecule has 1 aromatic heterocycles. The minimum Gasteiger partial charge on any atom is -0.598 e. The Morgan fingerprint density at radius 3 is 1.88 bits per heavy atom. The van der Waals surface area contributed by atoms with Crippen LogP contribution in [-0.4, -0.2) is 43.6 Å². The molecule has 186 valence electrons. The molecule has 0 spiro atoms. The fourth-order valence-corrected chi connectivity index (χ4v) is 5.52. The molecule has 0 aliphatic heterocycles. The zero-order valence-corrected chi connectivity index (χ0v) is 25.6. The molecule has 0 amide bonds. The molecule has 1 heterocycles. The Labute approximate surface area is 203 Å². The van der Waals surface area contributed by atoms with Gasteiger partial charge in [0.1, 0.15) is 16.9 Å². The molecule has 0 aliphatic rings. The van der Waals surface area contributed by atoms with Gasteiger partial charge in [-0.15, -0.1) is 4.72 Å². The third-order valence-electron chi connectivity index (χ3n) is 6.82. The topological polar surface area (TPSA) is 66.4 Å². The second-order valence-electron chi connectivity index (χ2n) is 12.7. The summed E-state index contributed by atoms with van der Waals surface area (Å²) in [6.45, 7) is 28.7. The van der Waals surface area contributed by atoms with Crippen molar-refractivity contribution < 1.29 is 13.4 Å². The van der Waals surface area contributed by atoms with E-state index >= 15 is 0 Å². The Balaban J connectivity index is 3.41. The van der Waals surface area contributed by atoms with E-state index in [2.05, 4.69) is 77.4 Å². The van der Waals surface area contributed by atoms with Gasteiger partial charge in [-0.25, -0.2) is 0 Å². The van der Waals surface area contributed by atoms with Crippen LogP contribution in [0.1, 0.15) is 74.1 Å². The van der Waals surface area contributed by atoms with E-state index < -0.39 is 32.7 Å². The number of pyridine rings is 1. The maximum atomic E-state index is 13.2. The summed E-state index contributed by atoms with van der Waals surface area (Å²) in [6, 6.07) is 5.61. The Morgan fingerprint density at radius 1 is 0.938 bits per heavy atom. The third kappa shape index (κ3) is 8.22. The van der Waals surface area contributed by atoms with Crippen LogP contribution in [-0.2, 0) is 20.2 Å². The van der Waals surface area contributed by atoms with Crippen LogP contribution in [0.3, 0.4) is 0 Å². The predicted molar refractivity (Wildman–Crippen MR) is 143 cm³/mol. The van der Waals surface area contributed by atoms with Gasteiger partial charge in [0.15, 0.2) is 16.6 Å². The summed E-state index contributed by atoms with van der Waals surface area (Å²) in [6.07, 6.45) is 1.44. The van der Waals surface area contributed by atoms with E-state index in [1.165, 1.54) is 0 Å². The number of nitrogens with one attached hydrogen (secondary N) is 1. The standard InChI is InChI=1S/C24H48N2O3SSi2/c1-22(2,3)30(27)26-20(18-28-31(10,11)23(4,5)6)21(19-16-14-15-17-25-19)29-32(12,13)24(7,8)9/h14-17,20-21,26H,18H2,1-13H3/t20-,21-,30?/m0/s1. The van der Waals surface area contributed by atoms with Crippen LogP contribution in [0, 0.1) is 0 Å². The molecule has 5 nitrogen and oxygen atoms in total. The zero-order valence-electron chi connectivity index (χ0n) is 22.8. The van der Waals surface area contributed by atoms with Crippen LogP contribution in [0.2, 0.25) is 36.3 Å². The summed E-state index contributed by atoms with van der Waals surface area (Å²) >= 11 is -1.27. The van der Waals surface area contributed by atoms with Gasteiger partial charge in [-0.05, 0) is 69.2 Å². The van der Waals surface area contributed by atoms with Crippen molar-refractivity contribution in [3.63, 3.8) is 0 Å². The van der Waals surface area contributed by atoms with Crippen LogP contribution in [0.4, 0.5) is 0 Å². The van der Waals surface area contributed by atoms with Crippen LogP contribution in [0.5, 0.6) is 0 Å². The Kier molecular flexibility index (Phi) is 9.86. The van der Waals surface area contributed by atoms with Gasteiger partial charge in [0.05, 0.1) is 12.3 Å². The first-order valence-corrected chi connectivity index (χ1v) is 18.6. The Hall–Kier alpha value is -0.226. The highest BCUT2D eigenvalue weighted by Crippen LogP contribution is 2.41. The average Bonchev–Trinajstić information content (AvgIpc) is 2.61. The second-order valence-corrected chi connectivity index (χ2v) is 24.3. The molecule has 1 unspecified atom stereocenters. The lowest BCUT2D eigenvalue weighted by molar-refractivity contribution is 0.108. The fraction of sp³-hybridized carbons (Fsp3) is 0.792. The highest BCUT2D eigenvalue weighted by atomic mass is 32.2. The summed E-state index contributed by atoms with van der Waals surface area (Å²) < 4.78 is 29.7. The van der Waals surface area contributed by atoms with Crippen molar-refractivity contribution in [2.75, 3.05) is 6.61 Å². The van der Waals surface area contributed by atoms with Crippen LogP contribution in [0.25, 0.3) is 0 Å². The molecule has 0 bridgehead atoms. The molecule has 8 heteroatoms. The molecule has 0 aliphatic carbocycles. The Morgan fingerprint density at radius 2 is 1.47 bits per heavy atom. The van der Waals surface area contributed by atoms with E-state index in [-0.39, 0.29) is 22.2 Å². The number of nitrogens with zero attached hydrogens (tertiary/aromatic N) is 1. The first kappa shape index (κ1) is 29.8. The van der Waals surface area contributed by atoms with Crippen molar-refractivity contribution in [1.82, 2.24) is 9.71 Å². The van der Waals surface area contributed by atoms with E-state index in [1.807, 2.05) is 39.0 Å². The van der Waals surface area contributed by atoms with E-state index in [1.54, 1.807) is 6.20 Å². The summed E-state index contributed by atoms with van der Waals surface area (Å²) in [7, 11) is -4.16. The molecular formula is C24H48N2O3SSi2. The highest BCUT2D eigenvalue weighted by Gasteiger charge is 2.45. The number of hydrogen-bond donors (Lipinski definition) is 1. The van der Waals surface area contributed by atoms with Gasteiger partial charge in [-0.1, -0.05) is 47.6 Å². The SMILES string of the molecule is CC(C)(C)[S+]([O-])N[C@@H](CO[Si](C)(C)C(C)(C)C)[C@@H](O[Si](C)(C)C(C)(C)C)c1ccccn1. The van der Waals surface area contributed by atoms with E-state index in [9.17, 15) is 4.55 Å². The van der Waals surface area contributed by atoms with Crippen LogP contribution in [0.15, 0.2) is 24.4 Å². The lowest BCUT2D eigenvalue weighted by Gasteiger charge is -2.43. The molecule has 1 rings (SSSR count). The van der Waals surface area contributed by atoms with Gasteiger partial charge < -0.3 is 13.4 Å². The van der Waals surface area contributed by atoms with Crippen LogP contribution >= 0.6 is 0 Å². The molecule has 0 saturated heterocycles. The lowest BCUT2D eigenvalue weighted by Crippen LogP contribution is -2.54. The first-order chi connectivity index (χ1) is 14.2. The molecule has 1 aromatic rings. The van der Waals surface area contributed by atoms with Gasteiger partial charge in [0, 0.05) is 17.6 Å². The molecule has 0 saturated carbocycles. The van der Waals surface area contributed by atoms with E-state index in [0.29, 0.717) is 6.61 Å². The molecule has 0 aromatic carbocycles. The van der Waals surface area contributed by atoms with E-state index in [0.717, 1.165) is 5.69 Å². The van der Waals surface area contributed by atoms with Gasteiger partial charge in [-0.2, -0.15) is 0 Å². The van der Waals surface area contributed by atoms with Crippen molar-refractivity contribution >= 4 is 28.0 Å². The summed E-state index contributed by atoms with van der Waals surface area (Å²) in [5, 5.41) is 0.121. The Bertz CT molecular complexity index is 711. The molecular weight excluding hydrogens is 453 g/mol. The fourth-order valence-electron chi connectivity index (χ4n) is 2.40. The van der Waals surface area contributed by atoms with Gasteiger partial charge in [0.25, 0.3) is 0 Å². The van der Waals surface area contributed by atoms with Crippen molar-refractivity contribution in [3.05, 3.63) is 30.1 Å². The van der Waals surface area contributed by atoms with Crippen molar-refractivity contribution in [1.29, 1.82) is 0 Å². The maximum absolute atomic E-state index is 13.2. The summed E-state index contributed by atoms with van der Waals surface area (Å²) in [5.41, 5.74) is 0.847. The van der Waals surface area contributed by atoms with Gasteiger partial charge >= 0.3 is 0 Å². The largest absolute Gasteiger partial charge is 0.598 e. The number of hydrogen-bond acceptors (Lipinski definition) is 5.